The van der Waals surface area contributed by atoms with Crippen molar-refractivity contribution >= 4 is 5.97 Å². The van der Waals surface area contributed by atoms with Crippen molar-refractivity contribution in [1.29, 1.82) is 0 Å². The second-order valence-electron chi connectivity index (χ2n) is 2.38. The first kappa shape index (κ1) is 11.0. The van der Waals surface area contributed by atoms with Crippen LogP contribution in [0.4, 0.5) is 0 Å². The van der Waals surface area contributed by atoms with Gasteiger partial charge in [0.15, 0.2) is 0 Å². The van der Waals surface area contributed by atoms with Gasteiger partial charge in [0.2, 0.25) is 0 Å². The molecule has 0 saturated carbocycles. The van der Waals surface area contributed by atoms with E-state index < -0.39 is 0 Å². The predicted octanol–water partition coefficient (Wildman–Crippen LogP) is -6.39. The van der Waals surface area contributed by atoms with Crippen LogP contribution in [0.2, 0.25) is 0 Å². The third-order valence-electron chi connectivity index (χ3n) is 1.56. The Bertz CT molecular complexity index is 161. The van der Waals surface area contributed by atoms with E-state index in [9.17, 15) is 4.79 Å². The Kier molecular flexibility index (Phi) is 5.10. The van der Waals surface area contributed by atoms with Gasteiger partial charge in [-0.3, -0.25) is 0 Å². The molecule has 0 aromatic carbocycles. The molecule has 0 aromatic heterocycles. The molecule has 12 heavy (non-hydrogen) atoms. The number of alkyl halides is 3. The Morgan fingerprint density at radius 3 is 2.92 bits per heavy atom. The van der Waals surface area contributed by atoms with Gasteiger partial charge in [0, 0.05) is 0 Å². The number of carbonyl (C=O) groups excluding carboxylic acids is 1. The number of rotatable bonds is 4. The van der Waals surface area contributed by atoms with Crippen LogP contribution in [0.5, 0.6) is 0 Å². The van der Waals surface area contributed by atoms with E-state index in [1.807, 2.05) is 6.92 Å². The van der Waals surface area contributed by atoms with E-state index in [0.717, 1.165) is 0 Å². The molecule has 3 nitrogen and oxygen atoms in total. The summed E-state index contributed by atoms with van der Waals surface area (Å²) in [6.07, 6.45) is 0. The SMILES string of the molecule is CCOC(=O)C([I-]C)C1C[I-]N1. The standard InChI is InChI=1S/C7H13I2NO2/c1-3-12-7(11)6(8-2)5-4-9-10-5/h5-6,10H,3-4H2,1-2H3/q-2. The Morgan fingerprint density at radius 1 is 1.92 bits per heavy atom. The Morgan fingerprint density at radius 2 is 2.58 bits per heavy atom. The third kappa shape index (κ3) is 2.69. The average Bonchev–Trinajstić information content (AvgIpc) is 1.96. The number of carbonyl (C=O) groups is 1. The number of hydrogen-bond donors (Lipinski definition) is 1. The first-order valence-electron chi connectivity index (χ1n) is 3.78. The zero-order valence-electron chi connectivity index (χ0n) is 7.14. The van der Waals surface area contributed by atoms with Crippen LogP contribution in [0.3, 0.4) is 0 Å². The monoisotopic (exact) mass is 397 g/mol. The molecule has 0 spiro atoms. The normalized spacial score (nSPS) is 25.3. The van der Waals surface area contributed by atoms with Crippen molar-refractivity contribution < 1.29 is 52.2 Å². The fraction of sp³-hybridized carbons (Fsp3) is 0.857. The number of ether oxygens (including phenoxy) is 1. The van der Waals surface area contributed by atoms with Crippen molar-refractivity contribution in [2.75, 3.05) is 16.0 Å². The van der Waals surface area contributed by atoms with Crippen LogP contribution in [0.15, 0.2) is 0 Å². The summed E-state index contributed by atoms with van der Waals surface area (Å²) in [5.41, 5.74) is 0. The molecule has 1 saturated heterocycles. The van der Waals surface area contributed by atoms with Crippen LogP contribution in [-0.2, 0) is 9.53 Å². The van der Waals surface area contributed by atoms with Crippen molar-refractivity contribution in [3.8, 4) is 0 Å². The van der Waals surface area contributed by atoms with Crippen LogP contribution in [-0.4, -0.2) is 31.9 Å². The summed E-state index contributed by atoms with van der Waals surface area (Å²) < 4.78 is 9.84. The Hall–Kier alpha value is 0.890. The predicted molar refractivity (Wildman–Crippen MR) is 38.1 cm³/mol. The Balaban J connectivity index is 2.37. The molecule has 0 radical (unpaired) electrons. The molecular formula is C7H13I2NO2-2. The fourth-order valence-corrected chi connectivity index (χ4v) is 6.40. The van der Waals surface area contributed by atoms with E-state index in [1.54, 1.807) is 0 Å². The van der Waals surface area contributed by atoms with E-state index in [4.69, 9.17) is 4.74 Å². The molecule has 1 aliphatic rings. The van der Waals surface area contributed by atoms with Gasteiger partial charge in [-0.15, -0.1) is 0 Å². The number of halogens is 2. The summed E-state index contributed by atoms with van der Waals surface area (Å²) in [5.74, 6) is 0.0222. The Labute approximate surface area is 93.9 Å². The molecule has 5 heteroatoms. The minimum absolute atomic E-state index is 0.0222. The molecule has 1 N–H and O–H groups in total. The first-order valence-corrected chi connectivity index (χ1v) is 9.78. The van der Waals surface area contributed by atoms with Gasteiger partial charge in [0.25, 0.3) is 0 Å². The molecule has 1 aliphatic heterocycles. The van der Waals surface area contributed by atoms with E-state index in [2.05, 4.69) is 8.46 Å². The van der Waals surface area contributed by atoms with Crippen molar-refractivity contribution in [3.05, 3.63) is 0 Å². The quantitative estimate of drug-likeness (QED) is 0.222. The second kappa shape index (κ2) is 5.58. The van der Waals surface area contributed by atoms with Crippen molar-refractivity contribution in [3.63, 3.8) is 0 Å². The summed E-state index contributed by atoms with van der Waals surface area (Å²) in [6.45, 7) is 2.38. The fourth-order valence-electron chi connectivity index (χ4n) is 0.927. The molecule has 0 amide bonds. The number of nitrogens with one attached hydrogen (secondary N) is 1. The molecule has 1 rings (SSSR count). The van der Waals surface area contributed by atoms with Gasteiger partial charge >= 0.3 is 94.6 Å². The van der Waals surface area contributed by atoms with E-state index in [-0.39, 0.29) is 52.6 Å². The molecule has 2 atom stereocenters. The van der Waals surface area contributed by atoms with Crippen LogP contribution in [0.25, 0.3) is 0 Å². The summed E-state index contributed by atoms with van der Waals surface area (Å²) in [6, 6.07) is 0.467. The van der Waals surface area contributed by atoms with Gasteiger partial charge < -0.3 is 0 Å². The minimum atomic E-state index is -0.0261. The van der Waals surface area contributed by atoms with Gasteiger partial charge in [-0.2, -0.15) is 0 Å². The maximum atomic E-state index is 11.4. The van der Waals surface area contributed by atoms with Crippen LogP contribution < -0.4 is 46.2 Å². The molecular weight excluding hydrogens is 384 g/mol. The van der Waals surface area contributed by atoms with E-state index in [1.165, 1.54) is 4.43 Å². The molecule has 1 heterocycles. The average molecular weight is 397 g/mol. The van der Waals surface area contributed by atoms with Gasteiger partial charge in [0.05, 0.1) is 0 Å². The van der Waals surface area contributed by atoms with Gasteiger partial charge in [-0.1, -0.05) is 0 Å². The topological polar surface area (TPSA) is 38.3 Å². The van der Waals surface area contributed by atoms with Crippen LogP contribution >= 0.6 is 0 Å². The number of esters is 1. The molecule has 0 aliphatic carbocycles. The molecule has 0 aromatic rings. The first-order chi connectivity index (χ1) is 5.79. The van der Waals surface area contributed by atoms with E-state index in [0.29, 0.717) is 12.6 Å². The number of hydrogen-bond acceptors (Lipinski definition) is 3. The van der Waals surface area contributed by atoms with Gasteiger partial charge in [-0.05, 0) is 0 Å². The van der Waals surface area contributed by atoms with Crippen molar-refractivity contribution in [2.24, 2.45) is 0 Å². The third-order valence-corrected chi connectivity index (χ3v) is 6.91. The van der Waals surface area contributed by atoms with Crippen molar-refractivity contribution in [1.82, 2.24) is 3.53 Å². The van der Waals surface area contributed by atoms with Gasteiger partial charge in [0.1, 0.15) is 0 Å². The summed E-state index contributed by atoms with van der Waals surface area (Å²) in [4.78, 5) is 13.5. The molecule has 1 fully saturated rings. The summed E-state index contributed by atoms with van der Waals surface area (Å²) >= 11 is 0.210. The summed E-state index contributed by atoms with van der Waals surface area (Å²) in [7, 11) is 0. The van der Waals surface area contributed by atoms with Gasteiger partial charge in [-0.25, -0.2) is 0 Å². The maximum absolute atomic E-state index is 11.4. The molecule has 2 unspecified atom stereocenters. The van der Waals surface area contributed by atoms with E-state index >= 15 is 0 Å². The van der Waals surface area contributed by atoms with Crippen LogP contribution in [0, 0.1) is 0 Å². The summed E-state index contributed by atoms with van der Waals surface area (Å²) in [5, 5.41) is 0. The zero-order chi connectivity index (χ0) is 8.97. The van der Waals surface area contributed by atoms with Crippen molar-refractivity contribution in [2.45, 2.75) is 16.9 Å². The molecule has 74 valence electrons. The zero-order valence-corrected chi connectivity index (χ0v) is 11.5. The molecule has 0 bridgehead atoms. The second-order valence-corrected chi connectivity index (χ2v) is 7.23. The van der Waals surface area contributed by atoms with Crippen LogP contribution in [0.1, 0.15) is 6.92 Å².